The van der Waals surface area contributed by atoms with Crippen molar-refractivity contribution in [3.63, 3.8) is 0 Å². The van der Waals surface area contributed by atoms with Gasteiger partial charge in [0.25, 0.3) is 0 Å². The quantitative estimate of drug-likeness (QED) is 0.0874. The molecule has 0 saturated carbocycles. The van der Waals surface area contributed by atoms with Gasteiger partial charge in [-0.25, -0.2) is 4.57 Å². The molecule has 8 heteroatoms. The molecule has 0 amide bonds. The minimum atomic E-state index is -4.14. The Morgan fingerprint density at radius 2 is 1.38 bits per heavy atom. The molecule has 0 fully saturated rings. The number of phosphoric ester groups is 1. The van der Waals surface area contributed by atoms with E-state index >= 15 is 0 Å². The molecule has 0 aromatic rings. The van der Waals surface area contributed by atoms with Gasteiger partial charge >= 0.3 is 7.82 Å². The number of likely N-dealkylation sites (N-methyl/N-ethyl adjacent to an activating group) is 1. The summed E-state index contributed by atoms with van der Waals surface area (Å²) in [4.78, 5) is 9.62. The fraction of sp³-hybridized carbons (Fsp3) is 0.917. The van der Waals surface area contributed by atoms with Crippen LogP contribution in [0.3, 0.4) is 0 Å². The summed E-state index contributed by atoms with van der Waals surface area (Å²) >= 11 is 0. The van der Waals surface area contributed by atoms with E-state index in [0.29, 0.717) is 17.6 Å². The molecule has 0 radical (unpaired) electrons. The molecule has 192 valence electrons. The average molecular weight is 481 g/mol. The third-order valence-corrected chi connectivity index (χ3v) is 6.04. The molecule has 0 aromatic heterocycles. The summed E-state index contributed by atoms with van der Waals surface area (Å²) in [6.07, 6.45) is 18.5. The van der Waals surface area contributed by atoms with Crippen LogP contribution in [-0.4, -0.2) is 74.7 Å². The Labute approximate surface area is 197 Å². The summed E-state index contributed by atoms with van der Waals surface area (Å²) in [6.45, 7) is 3.31. The first-order chi connectivity index (χ1) is 15.2. The van der Waals surface area contributed by atoms with Gasteiger partial charge in [0.1, 0.15) is 19.3 Å². The van der Waals surface area contributed by atoms with Crippen molar-refractivity contribution in [1.82, 2.24) is 0 Å². The first-order valence-electron chi connectivity index (χ1n) is 12.5. The Hall–Kier alpha value is -0.270. The monoisotopic (exact) mass is 480 g/mol. The second-order valence-corrected chi connectivity index (χ2v) is 11.0. The van der Waals surface area contributed by atoms with E-state index in [2.05, 4.69) is 19.1 Å². The average Bonchev–Trinajstić information content (AvgIpc) is 2.71. The number of phosphoric acid groups is 1. The topological polar surface area (TPSA) is 85.2 Å². The summed E-state index contributed by atoms with van der Waals surface area (Å²) < 4.78 is 27.6. The zero-order valence-electron chi connectivity index (χ0n) is 21.2. The lowest BCUT2D eigenvalue weighted by Gasteiger charge is -2.24. The Morgan fingerprint density at radius 3 is 1.97 bits per heavy atom. The number of ether oxygens (including phenoxy) is 1. The predicted octanol–water partition coefficient (Wildman–Crippen LogP) is 5.46. The van der Waals surface area contributed by atoms with Gasteiger partial charge in [0.05, 0.1) is 34.4 Å². The van der Waals surface area contributed by atoms with Gasteiger partial charge in [0.15, 0.2) is 0 Å². The molecular formula is C24H51NO6P+. The normalized spacial score (nSPS) is 15.3. The third kappa shape index (κ3) is 24.4. The highest BCUT2D eigenvalue weighted by Gasteiger charge is 2.24. The lowest BCUT2D eigenvalue weighted by atomic mass is 10.1. The molecule has 0 aromatic carbocycles. The van der Waals surface area contributed by atoms with Crippen molar-refractivity contribution >= 4 is 7.82 Å². The second kappa shape index (κ2) is 20.1. The van der Waals surface area contributed by atoms with E-state index in [1.165, 1.54) is 64.2 Å². The van der Waals surface area contributed by atoms with E-state index in [9.17, 15) is 14.6 Å². The van der Waals surface area contributed by atoms with Crippen LogP contribution in [0.25, 0.3) is 0 Å². The first kappa shape index (κ1) is 31.7. The van der Waals surface area contributed by atoms with Gasteiger partial charge in [-0.15, -0.1) is 0 Å². The molecule has 0 heterocycles. The number of hydrogen-bond donors (Lipinski definition) is 2. The van der Waals surface area contributed by atoms with Crippen molar-refractivity contribution in [2.45, 2.75) is 90.1 Å². The number of unbranched alkanes of at least 4 members (excludes halogenated alkanes) is 10. The molecule has 7 nitrogen and oxygen atoms in total. The van der Waals surface area contributed by atoms with E-state index in [1.807, 2.05) is 21.1 Å². The number of hydrogen-bond acceptors (Lipinski definition) is 5. The third-order valence-electron chi connectivity index (χ3n) is 5.06. The van der Waals surface area contributed by atoms with Crippen LogP contribution in [0.1, 0.15) is 84.0 Å². The predicted molar refractivity (Wildman–Crippen MR) is 132 cm³/mol. The van der Waals surface area contributed by atoms with E-state index in [4.69, 9.17) is 13.8 Å². The Morgan fingerprint density at radius 1 is 0.812 bits per heavy atom. The number of aliphatic hydroxyl groups is 1. The van der Waals surface area contributed by atoms with Crippen LogP contribution >= 0.6 is 7.82 Å². The van der Waals surface area contributed by atoms with Crippen molar-refractivity contribution in [2.24, 2.45) is 0 Å². The van der Waals surface area contributed by atoms with Gasteiger partial charge in [-0.2, -0.15) is 0 Å². The Kier molecular flexibility index (Phi) is 20.0. The largest absolute Gasteiger partial charge is 0.472 e. The minimum absolute atomic E-state index is 0.0870. The summed E-state index contributed by atoms with van der Waals surface area (Å²) in [6, 6.07) is 0. The summed E-state index contributed by atoms with van der Waals surface area (Å²) in [5.74, 6) is 0. The molecule has 0 aliphatic rings. The molecule has 32 heavy (non-hydrogen) atoms. The van der Waals surface area contributed by atoms with E-state index in [-0.39, 0.29) is 19.8 Å². The van der Waals surface area contributed by atoms with Crippen LogP contribution in [0.5, 0.6) is 0 Å². The van der Waals surface area contributed by atoms with Crippen LogP contribution in [0.15, 0.2) is 12.2 Å². The number of allylic oxidation sites excluding steroid dienone is 2. The van der Waals surface area contributed by atoms with Crippen molar-refractivity contribution in [1.29, 1.82) is 0 Å². The molecular weight excluding hydrogens is 429 g/mol. The van der Waals surface area contributed by atoms with Crippen LogP contribution in [0.2, 0.25) is 0 Å². The summed E-state index contributed by atoms with van der Waals surface area (Å²) in [5.41, 5.74) is 0. The second-order valence-electron chi connectivity index (χ2n) is 9.57. The van der Waals surface area contributed by atoms with Crippen molar-refractivity contribution in [3.8, 4) is 0 Å². The van der Waals surface area contributed by atoms with Crippen LogP contribution in [-0.2, 0) is 18.3 Å². The minimum Gasteiger partial charge on any atom is -0.388 e. The molecule has 0 saturated heterocycles. The highest BCUT2D eigenvalue weighted by Crippen LogP contribution is 2.43. The fourth-order valence-corrected chi connectivity index (χ4v) is 3.76. The van der Waals surface area contributed by atoms with Gasteiger partial charge in [-0.1, -0.05) is 64.0 Å². The van der Waals surface area contributed by atoms with E-state index in [1.54, 1.807) is 0 Å². The van der Waals surface area contributed by atoms with Gasteiger partial charge in [0.2, 0.25) is 0 Å². The zero-order chi connectivity index (χ0) is 24.1. The SMILES string of the molecule is CCCCCC/C=C/CCCCCCCCOC[C@@H](O)COP(=O)(O)OCC[N+](C)(C)C. The molecule has 0 bridgehead atoms. The van der Waals surface area contributed by atoms with Crippen LogP contribution < -0.4 is 0 Å². The van der Waals surface area contributed by atoms with Crippen molar-refractivity contribution in [2.75, 3.05) is 54.1 Å². The Balaban J connectivity index is 3.46. The highest BCUT2D eigenvalue weighted by molar-refractivity contribution is 7.47. The van der Waals surface area contributed by atoms with Crippen LogP contribution in [0.4, 0.5) is 0 Å². The lowest BCUT2D eigenvalue weighted by molar-refractivity contribution is -0.870. The van der Waals surface area contributed by atoms with Crippen molar-refractivity contribution in [3.05, 3.63) is 12.2 Å². The maximum atomic E-state index is 11.8. The Bertz CT molecular complexity index is 495. The zero-order valence-corrected chi connectivity index (χ0v) is 22.1. The molecule has 0 aliphatic carbocycles. The van der Waals surface area contributed by atoms with Crippen LogP contribution in [0, 0.1) is 0 Å². The smallest absolute Gasteiger partial charge is 0.388 e. The number of quaternary nitrogens is 1. The first-order valence-corrected chi connectivity index (χ1v) is 14.0. The standard InChI is InChI=1S/C24H50NO6P/c1-5-6-7-8-9-10-11-12-13-14-15-16-17-18-20-29-22-24(26)23-31-32(27,28)30-21-19-25(2,3)4/h10-11,24,26H,5-9,12-23H2,1-4H3/p+1/b11-10+/t24-/m1/s1. The highest BCUT2D eigenvalue weighted by atomic mass is 31.2. The number of nitrogens with zero attached hydrogens (tertiary/aromatic N) is 1. The van der Waals surface area contributed by atoms with E-state index < -0.39 is 13.9 Å². The van der Waals surface area contributed by atoms with Gasteiger partial charge in [-0.3, -0.25) is 9.05 Å². The summed E-state index contributed by atoms with van der Waals surface area (Å²) in [5, 5.41) is 9.84. The van der Waals surface area contributed by atoms with Crippen molar-refractivity contribution < 1.29 is 32.8 Å². The van der Waals surface area contributed by atoms with Gasteiger partial charge in [-0.05, 0) is 32.1 Å². The van der Waals surface area contributed by atoms with E-state index in [0.717, 1.165) is 12.8 Å². The maximum absolute atomic E-state index is 11.8. The maximum Gasteiger partial charge on any atom is 0.472 e. The molecule has 0 spiro atoms. The number of aliphatic hydroxyl groups excluding tert-OH is 1. The molecule has 2 N–H and O–H groups in total. The fourth-order valence-electron chi connectivity index (χ4n) is 3.01. The van der Waals surface area contributed by atoms with Gasteiger partial charge < -0.3 is 19.2 Å². The summed E-state index contributed by atoms with van der Waals surface area (Å²) in [7, 11) is 1.75. The van der Waals surface area contributed by atoms with Gasteiger partial charge in [0, 0.05) is 6.61 Å². The molecule has 0 aliphatic heterocycles. The number of rotatable bonds is 23. The lowest BCUT2D eigenvalue weighted by Crippen LogP contribution is -2.37. The molecule has 0 rings (SSSR count). The molecule has 1 unspecified atom stereocenters. The molecule has 2 atom stereocenters.